The van der Waals surface area contributed by atoms with Gasteiger partial charge in [-0.2, -0.15) is 18.3 Å². The van der Waals surface area contributed by atoms with Crippen LogP contribution in [-0.2, 0) is 10.9 Å². The number of H-pyrrole nitrogens is 1. The lowest BCUT2D eigenvalue weighted by Crippen LogP contribution is -2.05. The Bertz CT molecular complexity index is 588. The first-order chi connectivity index (χ1) is 8.93. The van der Waals surface area contributed by atoms with Gasteiger partial charge in [0.2, 0.25) is 0 Å². The number of carbonyl (C=O) groups excluding carboxylic acids is 1. The summed E-state index contributed by atoms with van der Waals surface area (Å²) >= 11 is 0. The number of carbonyl (C=O) groups is 1. The van der Waals surface area contributed by atoms with E-state index < -0.39 is 17.7 Å². The van der Waals surface area contributed by atoms with Crippen LogP contribution >= 0.6 is 0 Å². The van der Waals surface area contributed by atoms with Gasteiger partial charge in [-0.25, -0.2) is 4.79 Å². The number of nitrogens with zero attached hydrogens (tertiary/aromatic N) is 1. The molecule has 0 aliphatic heterocycles. The fraction of sp³-hybridized carbons (Fsp3) is 0.167. The first kappa shape index (κ1) is 13.1. The lowest BCUT2D eigenvalue weighted by atomic mass is 10.0. The average molecular weight is 270 g/mol. The summed E-state index contributed by atoms with van der Waals surface area (Å²) in [6.45, 7) is 0. The minimum absolute atomic E-state index is 0.0993. The highest BCUT2D eigenvalue weighted by Crippen LogP contribution is 2.31. The predicted molar refractivity (Wildman–Crippen MR) is 60.4 cm³/mol. The highest BCUT2D eigenvalue weighted by Gasteiger charge is 2.30. The molecule has 0 radical (unpaired) electrons. The summed E-state index contributed by atoms with van der Waals surface area (Å²) < 4.78 is 41.8. The van der Waals surface area contributed by atoms with Crippen molar-refractivity contribution in [1.29, 1.82) is 0 Å². The minimum atomic E-state index is -4.39. The van der Waals surface area contributed by atoms with Crippen LogP contribution in [-0.4, -0.2) is 23.3 Å². The molecule has 0 aliphatic carbocycles. The third-order valence-corrected chi connectivity index (χ3v) is 2.55. The molecule has 0 bridgehead atoms. The van der Waals surface area contributed by atoms with Gasteiger partial charge in [-0.3, -0.25) is 5.10 Å². The van der Waals surface area contributed by atoms with Gasteiger partial charge in [0.05, 0.1) is 18.9 Å². The number of hydrogen-bond donors (Lipinski definition) is 1. The van der Waals surface area contributed by atoms with Crippen molar-refractivity contribution in [2.75, 3.05) is 7.11 Å². The summed E-state index contributed by atoms with van der Waals surface area (Å²) in [4.78, 5) is 11.4. The molecule has 0 aliphatic rings. The Balaban J connectivity index is 2.38. The number of esters is 1. The summed E-state index contributed by atoms with van der Waals surface area (Å²) in [6.07, 6.45) is -3.03. The quantitative estimate of drug-likeness (QED) is 0.854. The fourth-order valence-corrected chi connectivity index (χ4v) is 1.60. The van der Waals surface area contributed by atoms with Gasteiger partial charge in [0.25, 0.3) is 0 Å². The fourth-order valence-electron chi connectivity index (χ4n) is 1.60. The molecule has 0 spiro atoms. The van der Waals surface area contributed by atoms with Gasteiger partial charge in [0.15, 0.2) is 5.69 Å². The molecule has 1 heterocycles. The second-order valence-electron chi connectivity index (χ2n) is 3.73. The number of benzene rings is 1. The van der Waals surface area contributed by atoms with Crippen LogP contribution in [0.25, 0.3) is 11.1 Å². The Morgan fingerprint density at radius 1 is 1.26 bits per heavy atom. The van der Waals surface area contributed by atoms with E-state index in [0.717, 1.165) is 12.1 Å². The van der Waals surface area contributed by atoms with Gasteiger partial charge in [0, 0.05) is 5.56 Å². The van der Waals surface area contributed by atoms with Gasteiger partial charge < -0.3 is 4.74 Å². The van der Waals surface area contributed by atoms with Crippen molar-refractivity contribution in [2.24, 2.45) is 0 Å². The van der Waals surface area contributed by atoms with Crippen molar-refractivity contribution >= 4 is 5.97 Å². The largest absolute Gasteiger partial charge is 0.464 e. The highest BCUT2D eigenvalue weighted by atomic mass is 19.4. The number of halogens is 3. The Hall–Kier alpha value is -2.31. The molecular formula is C12H9F3N2O2. The van der Waals surface area contributed by atoms with E-state index in [1.165, 1.54) is 25.4 Å². The second kappa shape index (κ2) is 4.75. The maximum absolute atomic E-state index is 12.4. The number of aromatic nitrogens is 2. The number of methoxy groups -OCH3 is 1. The lowest BCUT2D eigenvalue weighted by Gasteiger charge is -2.07. The standard InChI is InChI=1S/C12H9F3N2O2/c1-19-11(18)10-9(6-16-17-10)7-2-4-8(5-3-7)12(13,14)15/h2-6H,1H3,(H,16,17). The zero-order chi connectivity index (χ0) is 14.0. The first-order valence-corrected chi connectivity index (χ1v) is 5.23. The van der Waals surface area contributed by atoms with E-state index in [0.29, 0.717) is 11.1 Å². The molecule has 19 heavy (non-hydrogen) atoms. The van der Waals surface area contributed by atoms with E-state index in [4.69, 9.17) is 0 Å². The molecule has 4 nitrogen and oxygen atoms in total. The van der Waals surface area contributed by atoms with E-state index in [1.807, 2.05) is 0 Å². The van der Waals surface area contributed by atoms with Crippen LogP contribution in [0.4, 0.5) is 13.2 Å². The van der Waals surface area contributed by atoms with Crippen molar-refractivity contribution in [3.63, 3.8) is 0 Å². The summed E-state index contributed by atoms with van der Waals surface area (Å²) in [5.74, 6) is -0.632. The van der Waals surface area contributed by atoms with Crippen molar-refractivity contribution in [1.82, 2.24) is 10.2 Å². The number of alkyl halides is 3. The predicted octanol–water partition coefficient (Wildman–Crippen LogP) is 2.88. The number of ether oxygens (including phenoxy) is 1. The van der Waals surface area contributed by atoms with E-state index >= 15 is 0 Å². The lowest BCUT2D eigenvalue weighted by molar-refractivity contribution is -0.137. The van der Waals surface area contributed by atoms with E-state index in [9.17, 15) is 18.0 Å². The Morgan fingerprint density at radius 2 is 1.89 bits per heavy atom. The van der Waals surface area contributed by atoms with Crippen LogP contribution in [0.3, 0.4) is 0 Å². The average Bonchev–Trinajstić information content (AvgIpc) is 2.86. The van der Waals surface area contributed by atoms with Gasteiger partial charge >= 0.3 is 12.1 Å². The van der Waals surface area contributed by atoms with Crippen LogP contribution in [0.2, 0.25) is 0 Å². The van der Waals surface area contributed by atoms with Gasteiger partial charge in [-0.05, 0) is 17.7 Å². The third kappa shape index (κ3) is 2.59. The molecule has 2 aromatic rings. The molecule has 2 rings (SSSR count). The monoisotopic (exact) mass is 270 g/mol. The maximum Gasteiger partial charge on any atom is 0.416 e. The SMILES string of the molecule is COC(=O)c1[nH]ncc1-c1ccc(C(F)(F)F)cc1. The van der Waals surface area contributed by atoms with Gasteiger partial charge in [-0.1, -0.05) is 12.1 Å². The van der Waals surface area contributed by atoms with Crippen LogP contribution in [0.5, 0.6) is 0 Å². The molecule has 0 fully saturated rings. The number of rotatable bonds is 2. The van der Waals surface area contributed by atoms with E-state index in [-0.39, 0.29) is 5.69 Å². The van der Waals surface area contributed by atoms with E-state index in [1.54, 1.807) is 0 Å². The van der Waals surface area contributed by atoms with Crippen molar-refractivity contribution in [2.45, 2.75) is 6.18 Å². The Kier molecular flexibility index (Phi) is 3.28. The molecule has 7 heteroatoms. The molecular weight excluding hydrogens is 261 g/mol. The smallest absolute Gasteiger partial charge is 0.416 e. The summed E-state index contributed by atoms with van der Waals surface area (Å²) in [6, 6.07) is 4.45. The normalized spacial score (nSPS) is 11.4. The first-order valence-electron chi connectivity index (χ1n) is 5.23. The molecule has 0 atom stereocenters. The summed E-state index contributed by atoms with van der Waals surface area (Å²) in [5.41, 5.74) is 0.185. The Labute approximate surface area is 106 Å². The van der Waals surface area contributed by atoms with Crippen LogP contribution < -0.4 is 0 Å². The van der Waals surface area contributed by atoms with Crippen molar-refractivity contribution in [3.8, 4) is 11.1 Å². The summed E-state index contributed by atoms with van der Waals surface area (Å²) in [5, 5.41) is 6.14. The maximum atomic E-state index is 12.4. The zero-order valence-electron chi connectivity index (χ0n) is 9.78. The zero-order valence-corrected chi connectivity index (χ0v) is 9.78. The van der Waals surface area contributed by atoms with Crippen molar-refractivity contribution < 1.29 is 22.7 Å². The third-order valence-electron chi connectivity index (χ3n) is 2.55. The highest BCUT2D eigenvalue weighted by molar-refractivity contribution is 5.94. The number of nitrogens with one attached hydrogen (secondary N) is 1. The van der Waals surface area contributed by atoms with E-state index in [2.05, 4.69) is 14.9 Å². The molecule has 1 aromatic carbocycles. The van der Waals surface area contributed by atoms with Crippen molar-refractivity contribution in [3.05, 3.63) is 41.7 Å². The van der Waals surface area contributed by atoms with Crippen LogP contribution in [0.1, 0.15) is 16.1 Å². The molecule has 0 amide bonds. The molecule has 100 valence electrons. The molecule has 0 saturated heterocycles. The van der Waals surface area contributed by atoms with Crippen LogP contribution in [0.15, 0.2) is 30.5 Å². The van der Waals surface area contributed by atoms with Gasteiger partial charge in [-0.15, -0.1) is 0 Å². The summed E-state index contributed by atoms with van der Waals surface area (Å²) in [7, 11) is 1.21. The van der Waals surface area contributed by atoms with Crippen LogP contribution in [0, 0.1) is 0 Å². The second-order valence-corrected chi connectivity index (χ2v) is 3.73. The number of aromatic amines is 1. The molecule has 0 unspecified atom stereocenters. The topological polar surface area (TPSA) is 55.0 Å². The molecule has 1 aromatic heterocycles. The molecule has 0 saturated carbocycles. The Morgan fingerprint density at radius 3 is 2.42 bits per heavy atom. The number of hydrogen-bond acceptors (Lipinski definition) is 3. The molecule has 1 N–H and O–H groups in total. The van der Waals surface area contributed by atoms with Gasteiger partial charge in [0.1, 0.15) is 0 Å². The minimum Gasteiger partial charge on any atom is -0.464 e.